The molecule has 0 aliphatic carbocycles. The van der Waals surface area contributed by atoms with E-state index in [1.807, 2.05) is 0 Å². The van der Waals surface area contributed by atoms with Crippen LogP contribution in [-0.2, 0) is 28.6 Å². The van der Waals surface area contributed by atoms with Crippen LogP contribution in [0, 0.1) is 0 Å². The van der Waals surface area contributed by atoms with Gasteiger partial charge >= 0.3 is 17.9 Å². The molecule has 6 nitrogen and oxygen atoms in total. The minimum Gasteiger partial charge on any atom is -0.462 e. The van der Waals surface area contributed by atoms with Crippen LogP contribution in [0.5, 0.6) is 0 Å². The highest BCUT2D eigenvalue weighted by atomic mass is 16.6. The second kappa shape index (κ2) is 50.8. The van der Waals surface area contributed by atoms with Crippen molar-refractivity contribution in [3.8, 4) is 0 Å². The summed E-state index contributed by atoms with van der Waals surface area (Å²) in [7, 11) is 0. The zero-order valence-electron chi connectivity index (χ0n) is 40.9. The number of ether oxygens (including phenoxy) is 3. The molecule has 0 saturated heterocycles. The van der Waals surface area contributed by atoms with Gasteiger partial charge in [-0.25, -0.2) is 0 Å². The molecule has 6 heteroatoms. The van der Waals surface area contributed by atoms with Gasteiger partial charge in [0.1, 0.15) is 13.2 Å². The van der Waals surface area contributed by atoms with Crippen LogP contribution >= 0.6 is 0 Å². The van der Waals surface area contributed by atoms with Gasteiger partial charge in [0, 0.05) is 19.3 Å². The smallest absolute Gasteiger partial charge is 0.306 e. The SMILES string of the molecule is CC/C=C\C/C=C\C/C=C\C/C=C\C/C=C\CCCCCC(=O)OC[C@@H](COC(=O)CCCCCCCCCCC)OC(=O)CCCCCCCCCCCCCCCCCC. The molecule has 358 valence electrons. The molecule has 0 amide bonds. The third-order valence-electron chi connectivity index (χ3n) is 11.3. The van der Waals surface area contributed by atoms with Crippen molar-refractivity contribution in [2.24, 2.45) is 0 Å². The summed E-state index contributed by atoms with van der Waals surface area (Å²) in [6.45, 7) is 6.49. The molecule has 0 bridgehead atoms. The number of hydrogen-bond acceptors (Lipinski definition) is 6. The van der Waals surface area contributed by atoms with E-state index < -0.39 is 6.10 Å². The van der Waals surface area contributed by atoms with Crippen LogP contribution in [0.3, 0.4) is 0 Å². The Hall–Kier alpha value is -2.89. The lowest BCUT2D eigenvalue weighted by Crippen LogP contribution is -2.30. The van der Waals surface area contributed by atoms with Crippen LogP contribution in [0.25, 0.3) is 0 Å². The van der Waals surface area contributed by atoms with Gasteiger partial charge in [-0.2, -0.15) is 0 Å². The van der Waals surface area contributed by atoms with Crippen LogP contribution in [0.2, 0.25) is 0 Å². The van der Waals surface area contributed by atoms with E-state index in [1.54, 1.807) is 0 Å². The van der Waals surface area contributed by atoms with Gasteiger partial charge in [-0.15, -0.1) is 0 Å². The van der Waals surface area contributed by atoms with Crippen LogP contribution in [-0.4, -0.2) is 37.2 Å². The van der Waals surface area contributed by atoms with Crippen LogP contribution in [0.15, 0.2) is 60.8 Å². The highest BCUT2D eigenvalue weighted by Gasteiger charge is 2.19. The summed E-state index contributed by atoms with van der Waals surface area (Å²) in [5, 5.41) is 0. The number of esters is 3. The average Bonchev–Trinajstić information content (AvgIpc) is 3.27. The summed E-state index contributed by atoms with van der Waals surface area (Å²) >= 11 is 0. The maximum absolute atomic E-state index is 12.8. The molecule has 0 saturated carbocycles. The summed E-state index contributed by atoms with van der Waals surface area (Å²) in [4.78, 5) is 37.9. The fourth-order valence-electron chi connectivity index (χ4n) is 7.35. The van der Waals surface area contributed by atoms with Gasteiger partial charge in [0.15, 0.2) is 6.10 Å². The maximum Gasteiger partial charge on any atom is 0.306 e. The van der Waals surface area contributed by atoms with Crippen LogP contribution in [0.1, 0.15) is 258 Å². The number of unbranched alkanes of at least 4 members (excludes halogenated alkanes) is 26. The molecule has 1 atom stereocenters. The summed E-state index contributed by atoms with van der Waals surface area (Å²) in [5.41, 5.74) is 0. The minimum absolute atomic E-state index is 0.0819. The van der Waals surface area contributed by atoms with Crippen LogP contribution < -0.4 is 0 Å². The molecule has 0 fully saturated rings. The molecule has 0 aromatic carbocycles. The van der Waals surface area contributed by atoms with Crippen molar-refractivity contribution in [3.05, 3.63) is 60.8 Å². The van der Waals surface area contributed by atoms with Crippen molar-refractivity contribution in [1.29, 1.82) is 0 Å². The molecule has 0 aromatic rings. The minimum atomic E-state index is -0.782. The Bertz CT molecular complexity index is 1130. The molecule has 0 radical (unpaired) electrons. The van der Waals surface area contributed by atoms with E-state index in [0.29, 0.717) is 19.3 Å². The number of rotatable bonds is 47. The molecule has 0 aliphatic rings. The molecule has 0 aromatic heterocycles. The Morgan fingerprint density at radius 1 is 0.339 bits per heavy atom. The number of allylic oxidation sites excluding steroid dienone is 10. The van der Waals surface area contributed by atoms with Gasteiger partial charge in [0.25, 0.3) is 0 Å². The first-order valence-electron chi connectivity index (χ1n) is 26.3. The molecular weight excluding hydrogens is 769 g/mol. The molecule has 0 rings (SSSR count). The third kappa shape index (κ3) is 48.1. The molecular formula is C56H98O6. The van der Waals surface area contributed by atoms with E-state index in [4.69, 9.17) is 14.2 Å². The lowest BCUT2D eigenvalue weighted by atomic mass is 10.0. The number of carbonyl (C=O) groups is 3. The van der Waals surface area contributed by atoms with Gasteiger partial charge < -0.3 is 14.2 Å². The summed E-state index contributed by atoms with van der Waals surface area (Å²) in [6, 6.07) is 0. The molecule has 0 aliphatic heterocycles. The van der Waals surface area contributed by atoms with E-state index in [2.05, 4.69) is 81.5 Å². The van der Waals surface area contributed by atoms with E-state index in [0.717, 1.165) is 96.3 Å². The molecule has 0 N–H and O–H groups in total. The zero-order valence-corrected chi connectivity index (χ0v) is 40.9. The first-order valence-corrected chi connectivity index (χ1v) is 26.3. The second-order valence-electron chi connectivity index (χ2n) is 17.4. The van der Waals surface area contributed by atoms with Crippen molar-refractivity contribution in [1.82, 2.24) is 0 Å². The Morgan fingerprint density at radius 2 is 0.629 bits per heavy atom. The Kier molecular flexibility index (Phi) is 48.4. The van der Waals surface area contributed by atoms with Gasteiger partial charge in [0.05, 0.1) is 0 Å². The highest BCUT2D eigenvalue weighted by Crippen LogP contribution is 2.16. The third-order valence-corrected chi connectivity index (χ3v) is 11.3. The van der Waals surface area contributed by atoms with Crippen molar-refractivity contribution in [3.63, 3.8) is 0 Å². The van der Waals surface area contributed by atoms with E-state index in [1.165, 1.54) is 122 Å². The van der Waals surface area contributed by atoms with Gasteiger partial charge in [0.2, 0.25) is 0 Å². The van der Waals surface area contributed by atoms with E-state index in [-0.39, 0.29) is 31.1 Å². The van der Waals surface area contributed by atoms with E-state index >= 15 is 0 Å². The Labute approximate surface area is 383 Å². The summed E-state index contributed by atoms with van der Waals surface area (Å²) in [6.07, 6.45) is 62.1. The normalized spacial score (nSPS) is 12.5. The van der Waals surface area contributed by atoms with Crippen molar-refractivity contribution in [2.75, 3.05) is 13.2 Å². The summed E-state index contributed by atoms with van der Waals surface area (Å²) < 4.78 is 16.8. The molecule has 62 heavy (non-hydrogen) atoms. The topological polar surface area (TPSA) is 78.9 Å². The van der Waals surface area contributed by atoms with Crippen LogP contribution in [0.4, 0.5) is 0 Å². The lowest BCUT2D eigenvalue weighted by Gasteiger charge is -2.18. The van der Waals surface area contributed by atoms with Gasteiger partial charge in [-0.1, -0.05) is 236 Å². The average molecular weight is 867 g/mol. The first kappa shape index (κ1) is 59.1. The number of carbonyl (C=O) groups excluding carboxylic acids is 3. The Balaban J connectivity index is 4.36. The number of hydrogen-bond donors (Lipinski definition) is 0. The maximum atomic E-state index is 12.8. The highest BCUT2D eigenvalue weighted by molar-refractivity contribution is 5.71. The van der Waals surface area contributed by atoms with Gasteiger partial charge in [-0.3, -0.25) is 14.4 Å². The predicted molar refractivity (Wildman–Crippen MR) is 265 cm³/mol. The van der Waals surface area contributed by atoms with Crippen molar-refractivity contribution < 1.29 is 28.6 Å². The standard InChI is InChI=1S/C56H98O6/c1-4-7-10-13-16-19-21-23-25-27-28-29-31-32-34-37-40-43-46-49-55(58)61-52-53(51-60-54(57)48-45-42-39-36-18-15-12-9-6-3)62-56(59)50-47-44-41-38-35-33-30-26-24-22-20-17-14-11-8-5-2/h7,10,16,19,23,25,28-29,32,34,53H,4-6,8-9,11-15,17-18,20-22,24,26-27,30-31,33,35-52H2,1-3H3/b10-7-,19-16-,25-23-,29-28-,34-32-/t53-/m1/s1. The largest absolute Gasteiger partial charge is 0.462 e. The molecule has 0 heterocycles. The fraction of sp³-hybridized carbons (Fsp3) is 0.768. The van der Waals surface area contributed by atoms with Gasteiger partial charge in [-0.05, 0) is 64.2 Å². The lowest BCUT2D eigenvalue weighted by molar-refractivity contribution is -0.167. The van der Waals surface area contributed by atoms with Crippen molar-refractivity contribution in [2.45, 2.75) is 264 Å². The summed E-state index contributed by atoms with van der Waals surface area (Å²) in [5.74, 6) is -0.910. The molecule has 0 spiro atoms. The quantitative estimate of drug-likeness (QED) is 0.0262. The Morgan fingerprint density at radius 3 is 0.984 bits per heavy atom. The van der Waals surface area contributed by atoms with Crippen molar-refractivity contribution >= 4 is 17.9 Å². The molecule has 0 unspecified atom stereocenters. The second-order valence-corrected chi connectivity index (χ2v) is 17.4. The fourth-order valence-corrected chi connectivity index (χ4v) is 7.35. The predicted octanol–water partition coefficient (Wildman–Crippen LogP) is 17.3. The first-order chi connectivity index (χ1) is 30.5. The monoisotopic (exact) mass is 867 g/mol. The zero-order chi connectivity index (χ0) is 45.1. The van der Waals surface area contributed by atoms with E-state index in [9.17, 15) is 14.4 Å².